The molecule has 1 amide bonds. The Morgan fingerprint density at radius 2 is 1.58 bits per heavy atom. The van der Waals surface area contributed by atoms with Gasteiger partial charge in [-0.3, -0.25) is 28.9 Å². The van der Waals surface area contributed by atoms with Gasteiger partial charge in [-0.15, -0.1) is 11.3 Å². The zero-order valence-electron chi connectivity index (χ0n) is 23.4. The van der Waals surface area contributed by atoms with Crippen LogP contribution in [0.1, 0.15) is 32.6 Å². The number of hydrogen-bond donors (Lipinski definition) is 0. The van der Waals surface area contributed by atoms with E-state index in [2.05, 4.69) is 4.99 Å². The van der Waals surface area contributed by atoms with Gasteiger partial charge in [0.15, 0.2) is 28.9 Å². The number of carbonyl (C=O) groups is 5. The van der Waals surface area contributed by atoms with Crippen molar-refractivity contribution in [3.63, 3.8) is 0 Å². The lowest BCUT2D eigenvalue weighted by Gasteiger charge is -2.44. The first-order chi connectivity index (χ1) is 20.4. The van der Waals surface area contributed by atoms with Gasteiger partial charge in [0.25, 0.3) is 5.91 Å². The fourth-order valence-electron chi connectivity index (χ4n) is 4.29. The number of amides is 1. The third kappa shape index (κ3) is 8.22. The van der Waals surface area contributed by atoms with Crippen LogP contribution in [-0.4, -0.2) is 71.4 Å². The summed E-state index contributed by atoms with van der Waals surface area (Å²) in [5.41, 5.74) is -0.602. The number of rotatable bonds is 8. The number of thioether (sulfide) groups is 1. The van der Waals surface area contributed by atoms with Gasteiger partial charge in [-0.05, 0) is 41.8 Å². The molecule has 2 aromatic rings. The van der Waals surface area contributed by atoms with Crippen LogP contribution in [0.4, 0.5) is 5.69 Å². The second-order valence-corrected chi connectivity index (χ2v) is 11.7. The summed E-state index contributed by atoms with van der Waals surface area (Å²) in [6, 6.07) is 10.2. The Morgan fingerprint density at radius 3 is 2.16 bits per heavy atom. The summed E-state index contributed by atoms with van der Waals surface area (Å²) in [4.78, 5) is 68.4. The number of anilines is 1. The molecule has 3 heterocycles. The quantitative estimate of drug-likeness (QED) is 0.232. The van der Waals surface area contributed by atoms with Gasteiger partial charge in [0, 0.05) is 37.6 Å². The molecule has 0 bridgehead atoms. The molecule has 12 nitrogen and oxygen atoms in total. The molecule has 228 valence electrons. The van der Waals surface area contributed by atoms with E-state index in [0.29, 0.717) is 10.7 Å². The summed E-state index contributed by atoms with van der Waals surface area (Å²) in [5.74, 6) is -3.32. The minimum atomic E-state index is -1.36. The van der Waals surface area contributed by atoms with Gasteiger partial charge >= 0.3 is 23.9 Å². The molecule has 1 aromatic heterocycles. The average Bonchev–Trinajstić information content (AvgIpc) is 3.54. The summed E-state index contributed by atoms with van der Waals surface area (Å²) >= 11 is 8.41. The summed E-state index contributed by atoms with van der Waals surface area (Å²) in [5, 5.41) is 2.46. The predicted molar refractivity (Wildman–Crippen MR) is 158 cm³/mol. The summed E-state index contributed by atoms with van der Waals surface area (Å²) in [6.45, 7) is 4.23. The topological polar surface area (TPSA) is 147 Å². The molecule has 1 saturated heterocycles. The SMILES string of the molecule is CC(=O)OCC1O[C@@H](SC2=N/C(=C\c3cccs3)C(=O)N2c2ccc(Cl)cc2)C(OC(C)=O)C(OC(C)=O)C1OC(C)=O. The van der Waals surface area contributed by atoms with Crippen LogP contribution in [-0.2, 0) is 47.7 Å². The van der Waals surface area contributed by atoms with E-state index >= 15 is 0 Å². The lowest BCUT2D eigenvalue weighted by Crippen LogP contribution is -2.61. The molecule has 4 rings (SSSR count). The Kier molecular flexibility index (Phi) is 10.6. The first kappa shape index (κ1) is 32.2. The maximum atomic E-state index is 13.6. The number of thiophene rings is 1. The minimum absolute atomic E-state index is 0.130. The number of nitrogens with zero attached hydrogens (tertiary/aromatic N) is 2. The Bertz CT molecular complexity index is 1440. The van der Waals surface area contributed by atoms with Crippen molar-refractivity contribution in [2.24, 2.45) is 4.99 Å². The number of hydrogen-bond acceptors (Lipinski definition) is 13. The molecule has 0 radical (unpaired) electrons. The van der Waals surface area contributed by atoms with Crippen molar-refractivity contribution in [3.8, 4) is 0 Å². The fraction of sp³-hybridized carbons (Fsp3) is 0.357. The molecule has 2 aliphatic heterocycles. The van der Waals surface area contributed by atoms with Crippen LogP contribution in [0, 0.1) is 0 Å². The van der Waals surface area contributed by atoms with Crippen LogP contribution in [0.2, 0.25) is 5.02 Å². The van der Waals surface area contributed by atoms with E-state index < -0.39 is 59.6 Å². The molecule has 0 aliphatic carbocycles. The van der Waals surface area contributed by atoms with E-state index in [0.717, 1.165) is 37.4 Å². The average molecular weight is 651 g/mol. The lowest BCUT2D eigenvalue weighted by molar-refractivity contribution is -0.237. The summed E-state index contributed by atoms with van der Waals surface area (Å²) in [6.07, 6.45) is -3.52. The van der Waals surface area contributed by atoms with Crippen molar-refractivity contribution < 1.29 is 47.7 Å². The van der Waals surface area contributed by atoms with Crippen molar-refractivity contribution in [2.45, 2.75) is 57.5 Å². The van der Waals surface area contributed by atoms with Crippen molar-refractivity contribution in [3.05, 3.63) is 57.4 Å². The highest BCUT2D eigenvalue weighted by molar-refractivity contribution is 8.14. The molecule has 1 aromatic carbocycles. The largest absolute Gasteiger partial charge is 0.463 e. The van der Waals surface area contributed by atoms with E-state index in [4.69, 9.17) is 35.3 Å². The molecule has 2 aliphatic rings. The van der Waals surface area contributed by atoms with Crippen LogP contribution >= 0.6 is 34.7 Å². The van der Waals surface area contributed by atoms with Crippen molar-refractivity contribution in [2.75, 3.05) is 11.5 Å². The third-order valence-corrected chi connectivity index (χ3v) is 8.07. The third-order valence-electron chi connectivity index (χ3n) is 5.91. The van der Waals surface area contributed by atoms with E-state index in [9.17, 15) is 24.0 Å². The standard InChI is InChI=1S/C28H27ClN2O10S2/c1-14(32)37-13-22-23(38-15(2)33)24(39-16(3)34)25(40-17(4)35)27(41-22)43-28-30-21(12-20-6-5-11-42-20)26(36)31(28)19-9-7-18(29)8-10-19/h5-12,22-25,27H,13H2,1-4H3/b21-12-/t22?,23?,24?,25?,27-/m0/s1. The molecule has 0 saturated carbocycles. The molecule has 43 heavy (non-hydrogen) atoms. The zero-order chi connectivity index (χ0) is 31.3. The maximum Gasteiger partial charge on any atom is 0.303 e. The van der Waals surface area contributed by atoms with Crippen LogP contribution in [0.3, 0.4) is 0 Å². The first-order valence-electron chi connectivity index (χ1n) is 12.8. The Labute approximate surface area is 259 Å². The van der Waals surface area contributed by atoms with Crippen LogP contribution in [0.5, 0.6) is 0 Å². The molecule has 4 unspecified atom stereocenters. The molecular formula is C28H27ClN2O10S2. The number of amidine groups is 1. The number of benzene rings is 1. The Hall–Kier alpha value is -3.72. The van der Waals surface area contributed by atoms with Gasteiger partial charge in [-0.2, -0.15) is 0 Å². The predicted octanol–water partition coefficient (Wildman–Crippen LogP) is 3.96. The second-order valence-electron chi connectivity index (χ2n) is 9.24. The highest BCUT2D eigenvalue weighted by Crippen LogP contribution is 2.39. The Balaban J connectivity index is 1.78. The van der Waals surface area contributed by atoms with Crippen LogP contribution < -0.4 is 4.90 Å². The molecule has 0 spiro atoms. The van der Waals surface area contributed by atoms with E-state index in [1.54, 1.807) is 30.3 Å². The first-order valence-corrected chi connectivity index (χ1v) is 15.0. The Morgan fingerprint density at radius 1 is 0.953 bits per heavy atom. The zero-order valence-corrected chi connectivity index (χ0v) is 25.8. The smallest absolute Gasteiger partial charge is 0.303 e. The molecule has 1 fully saturated rings. The van der Waals surface area contributed by atoms with Gasteiger partial charge in [0.05, 0.1) is 5.69 Å². The van der Waals surface area contributed by atoms with Crippen molar-refractivity contribution in [1.29, 1.82) is 0 Å². The number of halogens is 1. The van der Waals surface area contributed by atoms with Gasteiger partial charge in [-0.1, -0.05) is 29.4 Å². The van der Waals surface area contributed by atoms with Crippen LogP contribution in [0.25, 0.3) is 6.08 Å². The van der Waals surface area contributed by atoms with E-state index in [1.165, 1.54) is 23.2 Å². The van der Waals surface area contributed by atoms with E-state index in [-0.39, 0.29) is 17.5 Å². The van der Waals surface area contributed by atoms with Crippen molar-refractivity contribution in [1.82, 2.24) is 0 Å². The van der Waals surface area contributed by atoms with Crippen LogP contribution in [0.15, 0.2) is 52.5 Å². The molecule has 5 atom stereocenters. The maximum absolute atomic E-state index is 13.6. The fourth-order valence-corrected chi connectivity index (χ4v) is 6.26. The summed E-state index contributed by atoms with van der Waals surface area (Å²) < 4.78 is 27.8. The lowest BCUT2D eigenvalue weighted by atomic mass is 9.99. The molecule has 15 heteroatoms. The number of carbonyl (C=O) groups excluding carboxylic acids is 5. The number of esters is 4. The monoisotopic (exact) mass is 650 g/mol. The van der Waals surface area contributed by atoms with Gasteiger partial charge in [0.2, 0.25) is 0 Å². The van der Waals surface area contributed by atoms with Gasteiger partial charge in [0.1, 0.15) is 18.4 Å². The highest BCUT2D eigenvalue weighted by atomic mass is 35.5. The van der Waals surface area contributed by atoms with Crippen molar-refractivity contribution >= 4 is 81.4 Å². The van der Waals surface area contributed by atoms with Gasteiger partial charge in [-0.25, -0.2) is 4.99 Å². The minimum Gasteiger partial charge on any atom is -0.463 e. The molecule has 0 N–H and O–H groups in total. The number of aliphatic imine (C=N–C) groups is 1. The highest BCUT2D eigenvalue weighted by Gasteiger charge is 2.53. The molecular weight excluding hydrogens is 624 g/mol. The number of ether oxygens (including phenoxy) is 5. The van der Waals surface area contributed by atoms with E-state index in [1.807, 2.05) is 17.5 Å². The normalized spacial score (nSPS) is 24.3. The van der Waals surface area contributed by atoms with Gasteiger partial charge < -0.3 is 23.7 Å². The summed E-state index contributed by atoms with van der Waals surface area (Å²) in [7, 11) is 0. The second kappa shape index (κ2) is 14.2.